The fourth-order valence-electron chi connectivity index (χ4n) is 3.02. The number of morpholine rings is 1. The summed E-state index contributed by atoms with van der Waals surface area (Å²) in [5.41, 5.74) is 7.17. The number of amides is 1. The zero-order valence-corrected chi connectivity index (χ0v) is 14.1. The molecule has 1 aromatic carbocycles. The number of anilines is 1. The molecule has 1 saturated heterocycles. The lowest BCUT2D eigenvalue weighted by Crippen LogP contribution is -2.48. The fraction of sp³-hybridized carbons (Fsp3) is 0.389. The van der Waals surface area contributed by atoms with Crippen molar-refractivity contribution in [1.29, 1.82) is 0 Å². The molecule has 1 aromatic heterocycles. The second kappa shape index (κ2) is 6.57. The minimum absolute atomic E-state index is 0.0150. The smallest absolute Gasteiger partial charge is 0.289 e. The van der Waals surface area contributed by atoms with Crippen LogP contribution in [0.4, 0.5) is 5.69 Å². The van der Waals surface area contributed by atoms with Crippen molar-refractivity contribution in [1.82, 2.24) is 4.90 Å². The van der Waals surface area contributed by atoms with Gasteiger partial charge in [0.25, 0.3) is 5.91 Å². The normalized spacial score (nSPS) is 20.9. The first-order valence-corrected chi connectivity index (χ1v) is 7.96. The standard InChI is InChI=1S/C18H22N2O4/c1-11-9-20(10-12(2)23-11)18(21)17-7-6-16(24-17)14-8-13(19)4-5-15(14)22-3/h4-8,11-12H,9-10,19H2,1-3H3/t11-,12+. The molecule has 0 radical (unpaired) electrons. The second-order valence-electron chi connectivity index (χ2n) is 6.09. The highest BCUT2D eigenvalue weighted by Gasteiger charge is 2.28. The molecule has 2 atom stereocenters. The maximum atomic E-state index is 12.7. The van der Waals surface area contributed by atoms with E-state index in [9.17, 15) is 4.79 Å². The average Bonchev–Trinajstić information content (AvgIpc) is 3.03. The van der Waals surface area contributed by atoms with Crippen molar-refractivity contribution in [3.8, 4) is 17.1 Å². The van der Waals surface area contributed by atoms with E-state index in [1.807, 2.05) is 13.8 Å². The molecule has 6 heteroatoms. The Morgan fingerprint density at radius 3 is 2.58 bits per heavy atom. The zero-order chi connectivity index (χ0) is 17.3. The minimum Gasteiger partial charge on any atom is -0.496 e. The summed E-state index contributed by atoms with van der Waals surface area (Å²) in [6.45, 7) is 5.03. The maximum absolute atomic E-state index is 12.7. The fourth-order valence-corrected chi connectivity index (χ4v) is 3.02. The lowest BCUT2D eigenvalue weighted by Gasteiger charge is -2.34. The van der Waals surface area contributed by atoms with Gasteiger partial charge in [-0.1, -0.05) is 0 Å². The molecule has 2 N–H and O–H groups in total. The Morgan fingerprint density at radius 2 is 1.92 bits per heavy atom. The third-order valence-corrected chi connectivity index (χ3v) is 4.01. The summed E-state index contributed by atoms with van der Waals surface area (Å²) in [5.74, 6) is 1.37. The number of carbonyl (C=O) groups excluding carboxylic acids is 1. The molecular formula is C18H22N2O4. The van der Waals surface area contributed by atoms with Gasteiger partial charge >= 0.3 is 0 Å². The van der Waals surface area contributed by atoms with Crippen molar-refractivity contribution in [2.45, 2.75) is 26.1 Å². The van der Waals surface area contributed by atoms with Crippen LogP contribution in [0.15, 0.2) is 34.7 Å². The molecular weight excluding hydrogens is 308 g/mol. The lowest BCUT2D eigenvalue weighted by molar-refractivity contribution is -0.0592. The van der Waals surface area contributed by atoms with Crippen molar-refractivity contribution in [2.75, 3.05) is 25.9 Å². The number of carbonyl (C=O) groups is 1. The summed E-state index contributed by atoms with van der Waals surface area (Å²) in [6.07, 6.45) is 0.0299. The molecule has 3 rings (SSSR count). The molecule has 2 aromatic rings. The van der Waals surface area contributed by atoms with Crippen LogP contribution in [0.5, 0.6) is 5.75 Å². The summed E-state index contributed by atoms with van der Waals surface area (Å²) >= 11 is 0. The molecule has 6 nitrogen and oxygen atoms in total. The highest BCUT2D eigenvalue weighted by atomic mass is 16.5. The first kappa shape index (κ1) is 16.4. The molecule has 1 fully saturated rings. The predicted octanol–water partition coefficient (Wildman–Crippen LogP) is 2.79. The molecule has 0 aliphatic carbocycles. The van der Waals surface area contributed by atoms with Gasteiger partial charge in [0.15, 0.2) is 5.76 Å². The van der Waals surface area contributed by atoms with Gasteiger partial charge in [-0.2, -0.15) is 0 Å². The van der Waals surface area contributed by atoms with Crippen LogP contribution in [0.1, 0.15) is 24.4 Å². The van der Waals surface area contributed by atoms with Crippen LogP contribution in [0.25, 0.3) is 11.3 Å². The molecule has 128 valence electrons. The monoisotopic (exact) mass is 330 g/mol. The summed E-state index contributed by atoms with van der Waals surface area (Å²) in [5, 5.41) is 0. The molecule has 0 saturated carbocycles. The summed E-state index contributed by atoms with van der Waals surface area (Å²) in [6, 6.07) is 8.75. The molecule has 0 spiro atoms. The van der Waals surface area contributed by atoms with E-state index in [-0.39, 0.29) is 18.1 Å². The lowest BCUT2D eigenvalue weighted by atomic mass is 10.1. The molecule has 1 aliphatic heterocycles. The van der Waals surface area contributed by atoms with Crippen LogP contribution in [0, 0.1) is 0 Å². The number of methoxy groups -OCH3 is 1. The van der Waals surface area contributed by atoms with Gasteiger partial charge in [0.2, 0.25) is 0 Å². The number of rotatable bonds is 3. The third-order valence-electron chi connectivity index (χ3n) is 4.01. The largest absolute Gasteiger partial charge is 0.496 e. The van der Waals surface area contributed by atoms with Gasteiger partial charge in [0.05, 0.1) is 24.9 Å². The number of hydrogen-bond donors (Lipinski definition) is 1. The van der Waals surface area contributed by atoms with E-state index in [0.717, 1.165) is 5.56 Å². The number of nitrogens with zero attached hydrogens (tertiary/aromatic N) is 1. The van der Waals surface area contributed by atoms with Crippen LogP contribution in [-0.2, 0) is 4.74 Å². The van der Waals surface area contributed by atoms with Crippen molar-refractivity contribution in [3.63, 3.8) is 0 Å². The Bertz CT molecular complexity index is 730. The van der Waals surface area contributed by atoms with Crippen LogP contribution in [0.3, 0.4) is 0 Å². The number of furan rings is 1. The van der Waals surface area contributed by atoms with Crippen LogP contribution in [0.2, 0.25) is 0 Å². The van der Waals surface area contributed by atoms with Crippen LogP contribution >= 0.6 is 0 Å². The van der Waals surface area contributed by atoms with Gasteiger partial charge in [-0.3, -0.25) is 4.79 Å². The van der Waals surface area contributed by atoms with Crippen molar-refractivity contribution >= 4 is 11.6 Å². The maximum Gasteiger partial charge on any atom is 0.289 e. The number of nitrogens with two attached hydrogens (primary N) is 1. The number of benzene rings is 1. The SMILES string of the molecule is COc1ccc(N)cc1-c1ccc(C(=O)N2C[C@@H](C)O[C@@H](C)C2)o1. The Morgan fingerprint density at radius 1 is 1.21 bits per heavy atom. The van der Waals surface area contributed by atoms with Gasteiger partial charge < -0.3 is 24.5 Å². The summed E-state index contributed by atoms with van der Waals surface area (Å²) in [4.78, 5) is 14.4. The molecule has 1 amide bonds. The molecule has 24 heavy (non-hydrogen) atoms. The van der Waals surface area contributed by atoms with E-state index in [0.29, 0.717) is 36.0 Å². The van der Waals surface area contributed by atoms with Crippen LogP contribution in [-0.4, -0.2) is 43.2 Å². The quantitative estimate of drug-likeness (QED) is 0.876. The Balaban J connectivity index is 1.85. The van der Waals surface area contributed by atoms with E-state index in [2.05, 4.69) is 0 Å². The van der Waals surface area contributed by atoms with E-state index in [1.54, 1.807) is 42.3 Å². The highest BCUT2D eigenvalue weighted by Crippen LogP contribution is 2.33. The minimum atomic E-state index is -0.133. The van der Waals surface area contributed by atoms with E-state index in [1.165, 1.54) is 0 Å². The third kappa shape index (κ3) is 3.23. The van der Waals surface area contributed by atoms with Gasteiger partial charge in [0, 0.05) is 18.8 Å². The van der Waals surface area contributed by atoms with E-state index < -0.39 is 0 Å². The van der Waals surface area contributed by atoms with E-state index in [4.69, 9.17) is 19.6 Å². The summed E-state index contributed by atoms with van der Waals surface area (Å²) in [7, 11) is 1.58. The van der Waals surface area contributed by atoms with Gasteiger partial charge in [0.1, 0.15) is 11.5 Å². The number of hydrogen-bond acceptors (Lipinski definition) is 5. The van der Waals surface area contributed by atoms with Crippen molar-refractivity contribution in [3.05, 3.63) is 36.1 Å². The van der Waals surface area contributed by atoms with Crippen LogP contribution < -0.4 is 10.5 Å². The number of nitrogen functional groups attached to an aromatic ring is 1. The molecule has 0 unspecified atom stereocenters. The first-order chi connectivity index (χ1) is 11.5. The molecule has 2 heterocycles. The highest BCUT2D eigenvalue weighted by molar-refractivity contribution is 5.92. The molecule has 0 bridgehead atoms. The predicted molar refractivity (Wildman–Crippen MR) is 91.0 cm³/mol. The number of ether oxygens (including phenoxy) is 2. The van der Waals surface area contributed by atoms with Crippen molar-refractivity contribution < 1.29 is 18.7 Å². The molecule has 1 aliphatic rings. The van der Waals surface area contributed by atoms with Crippen molar-refractivity contribution in [2.24, 2.45) is 0 Å². The van der Waals surface area contributed by atoms with Gasteiger partial charge in [-0.05, 0) is 44.2 Å². The summed E-state index contributed by atoms with van der Waals surface area (Å²) < 4.78 is 16.8. The van der Waals surface area contributed by atoms with Gasteiger partial charge in [-0.25, -0.2) is 0 Å². The average molecular weight is 330 g/mol. The topological polar surface area (TPSA) is 77.9 Å². The Hall–Kier alpha value is -2.47. The Kier molecular flexibility index (Phi) is 4.49. The first-order valence-electron chi connectivity index (χ1n) is 7.96. The second-order valence-corrected chi connectivity index (χ2v) is 6.09. The zero-order valence-electron chi connectivity index (χ0n) is 14.1. The van der Waals surface area contributed by atoms with E-state index >= 15 is 0 Å². The van der Waals surface area contributed by atoms with Gasteiger partial charge in [-0.15, -0.1) is 0 Å². The Labute approximate surface area is 141 Å².